The van der Waals surface area contributed by atoms with E-state index in [4.69, 9.17) is 14.3 Å². The van der Waals surface area contributed by atoms with E-state index in [-0.39, 0.29) is 5.91 Å². The van der Waals surface area contributed by atoms with Gasteiger partial charge in [-0.3, -0.25) is 4.79 Å². The van der Waals surface area contributed by atoms with Gasteiger partial charge < -0.3 is 25.1 Å². The number of aromatic nitrogens is 2. The first-order valence-electron chi connectivity index (χ1n) is 11.0. The lowest BCUT2D eigenvalue weighted by Crippen LogP contribution is -2.25. The largest absolute Gasteiger partial charge is 0.490 e. The van der Waals surface area contributed by atoms with Crippen molar-refractivity contribution in [3.63, 3.8) is 0 Å². The molecule has 0 aliphatic rings. The van der Waals surface area contributed by atoms with Gasteiger partial charge in [0, 0.05) is 24.2 Å². The van der Waals surface area contributed by atoms with E-state index in [2.05, 4.69) is 39.6 Å². The Labute approximate surface area is 196 Å². The lowest BCUT2D eigenvalue weighted by Gasteiger charge is -2.17. The third kappa shape index (κ3) is 11.1. The second kappa shape index (κ2) is 14.2. The molecule has 0 aliphatic heterocycles. The van der Waals surface area contributed by atoms with Crippen LogP contribution in [0.4, 0.5) is 24.9 Å². The summed E-state index contributed by atoms with van der Waals surface area (Å²) >= 11 is 0. The number of carbonyl (C=O) groups excluding carboxylic acids is 1. The lowest BCUT2D eigenvalue weighted by atomic mass is 10.1. The van der Waals surface area contributed by atoms with E-state index in [9.17, 15) is 18.0 Å². The predicted octanol–water partition coefficient (Wildman–Crippen LogP) is 4.50. The van der Waals surface area contributed by atoms with Crippen LogP contribution in [0.3, 0.4) is 0 Å². The van der Waals surface area contributed by atoms with Crippen LogP contribution in [0.15, 0.2) is 28.7 Å². The molecule has 0 spiro atoms. The van der Waals surface area contributed by atoms with Crippen LogP contribution in [0, 0.1) is 5.92 Å². The molecule has 0 radical (unpaired) electrons. The Morgan fingerprint density at radius 2 is 1.71 bits per heavy atom. The summed E-state index contributed by atoms with van der Waals surface area (Å²) in [7, 11) is 0. The van der Waals surface area contributed by atoms with Crippen molar-refractivity contribution in [3.8, 4) is 11.5 Å². The average molecular weight is 488 g/mol. The van der Waals surface area contributed by atoms with Crippen molar-refractivity contribution in [3.05, 3.63) is 24.3 Å². The van der Waals surface area contributed by atoms with Gasteiger partial charge in [0.15, 0.2) is 0 Å². The normalized spacial score (nSPS) is 11.2. The van der Waals surface area contributed by atoms with Crippen LogP contribution in [0.2, 0.25) is 0 Å². The average Bonchev–Trinajstić information content (AvgIpc) is 3.22. The molecule has 9 nitrogen and oxygen atoms in total. The van der Waals surface area contributed by atoms with E-state index in [0.29, 0.717) is 24.2 Å². The van der Waals surface area contributed by atoms with E-state index in [1.165, 1.54) is 0 Å². The second-order valence-electron chi connectivity index (χ2n) is 7.75. The highest BCUT2D eigenvalue weighted by Gasteiger charge is 2.38. The summed E-state index contributed by atoms with van der Waals surface area (Å²) in [6.45, 7) is 12.3. The number of hydrogen-bond donors (Lipinski definition) is 3. The number of rotatable bonds is 11. The summed E-state index contributed by atoms with van der Waals surface area (Å²) in [5.74, 6) is -1.94. The third-order valence-electron chi connectivity index (χ3n) is 4.50. The number of carbonyl (C=O) groups is 2. The van der Waals surface area contributed by atoms with Gasteiger partial charge in [-0.2, -0.15) is 13.2 Å². The van der Waals surface area contributed by atoms with Crippen LogP contribution in [-0.4, -0.2) is 64.4 Å². The van der Waals surface area contributed by atoms with Gasteiger partial charge in [0.05, 0.1) is 0 Å². The summed E-state index contributed by atoms with van der Waals surface area (Å²) in [5, 5.41) is 21.3. The standard InChI is InChI=1S/C20H31N5O2.C2HF3O2/c1-5-25(6-2)13-7-12-21-20-24-23-19(27-20)16-8-10-17(11-9-16)22-18(26)14-15(3)4;3-2(4,5)1(6)7/h8-11,15H,5-7,12-14H2,1-4H3,(H,21,24)(H,22,26);(H,6,7). The Hall–Kier alpha value is -3.15. The smallest absolute Gasteiger partial charge is 0.475 e. The number of nitrogens with one attached hydrogen (secondary N) is 2. The van der Waals surface area contributed by atoms with Crippen molar-refractivity contribution in [2.24, 2.45) is 5.92 Å². The maximum Gasteiger partial charge on any atom is 0.490 e. The molecule has 3 N–H and O–H groups in total. The number of amides is 1. The monoisotopic (exact) mass is 487 g/mol. The van der Waals surface area contributed by atoms with Crippen molar-refractivity contribution in [1.29, 1.82) is 0 Å². The summed E-state index contributed by atoms with van der Waals surface area (Å²) in [5.41, 5.74) is 1.58. The molecule has 1 heterocycles. The molecule has 0 saturated heterocycles. The summed E-state index contributed by atoms with van der Waals surface area (Å²) in [6, 6.07) is 7.84. The molecule has 2 rings (SSSR count). The highest BCUT2D eigenvalue weighted by molar-refractivity contribution is 5.91. The van der Waals surface area contributed by atoms with Gasteiger partial charge in [-0.05, 0) is 56.2 Å². The number of alkyl halides is 3. The van der Waals surface area contributed by atoms with Crippen molar-refractivity contribution < 1.29 is 32.3 Å². The molecule has 190 valence electrons. The fourth-order valence-corrected chi connectivity index (χ4v) is 2.73. The Balaban J connectivity index is 0.000000718. The third-order valence-corrected chi connectivity index (χ3v) is 4.50. The highest BCUT2D eigenvalue weighted by Crippen LogP contribution is 2.22. The number of carboxylic acids is 1. The topological polar surface area (TPSA) is 121 Å². The van der Waals surface area contributed by atoms with Crippen LogP contribution < -0.4 is 10.6 Å². The maximum absolute atomic E-state index is 11.8. The predicted molar refractivity (Wildman–Crippen MR) is 122 cm³/mol. The maximum atomic E-state index is 11.8. The van der Waals surface area contributed by atoms with Crippen LogP contribution >= 0.6 is 0 Å². The van der Waals surface area contributed by atoms with Crippen LogP contribution in [0.5, 0.6) is 0 Å². The van der Waals surface area contributed by atoms with Gasteiger partial charge in [0.25, 0.3) is 0 Å². The number of carboxylic acid groups (broad SMARTS) is 1. The van der Waals surface area contributed by atoms with E-state index < -0.39 is 12.1 Å². The highest BCUT2D eigenvalue weighted by atomic mass is 19.4. The zero-order valence-corrected chi connectivity index (χ0v) is 19.8. The van der Waals surface area contributed by atoms with E-state index >= 15 is 0 Å². The molecule has 0 saturated carbocycles. The number of nitrogens with zero attached hydrogens (tertiary/aromatic N) is 3. The van der Waals surface area contributed by atoms with Crippen LogP contribution in [-0.2, 0) is 9.59 Å². The van der Waals surface area contributed by atoms with Gasteiger partial charge in [-0.25, -0.2) is 4.79 Å². The Morgan fingerprint density at radius 3 is 2.21 bits per heavy atom. The molecule has 1 aromatic carbocycles. The molecule has 1 amide bonds. The minimum Gasteiger partial charge on any atom is -0.475 e. The van der Waals surface area contributed by atoms with Gasteiger partial charge in [0.1, 0.15) is 0 Å². The molecule has 0 atom stereocenters. The van der Waals surface area contributed by atoms with Gasteiger partial charge >= 0.3 is 18.2 Å². The number of aliphatic carboxylic acids is 1. The molecule has 1 aromatic heterocycles. The summed E-state index contributed by atoms with van der Waals surface area (Å²) in [4.78, 5) is 23.1. The molecule has 0 bridgehead atoms. The fourth-order valence-electron chi connectivity index (χ4n) is 2.73. The molecule has 12 heteroatoms. The quantitative estimate of drug-likeness (QED) is 0.396. The molecule has 2 aromatic rings. The van der Waals surface area contributed by atoms with E-state index in [1.54, 1.807) is 0 Å². The first-order valence-corrected chi connectivity index (χ1v) is 11.0. The minimum atomic E-state index is -5.08. The van der Waals surface area contributed by atoms with Gasteiger partial charge in [-0.1, -0.05) is 32.8 Å². The first-order chi connectivity index (χ1) is 16.0. The van der Waals surface area contributed by atoms with Crippen molar-refractivity contribution in [2.45, 2.75) is 46.7 Å². The molecular weight excluding hydrogens is 455 g/mol. The SMILES string of the molecule is CCN(CC)CCCNc1nnc(-c2ccc(NC(=O)CC(C)C)cc2)o1.O=C(O)C(F)(F)F. The van der Waals surface area contributed by atoms with Crippen molar-refractivity contribution >= 4 is 23.6 Å². The summed E-state index contributed by atoms with van der Waals surface area (Å²) in [6.07, 6.45) is -3.56. The minimum absolute atomic E-state index is 0.0201. The molecule has 34 heavy (non-hydrogen) atoms. The van der Waals surface area contributed by atoms with Crippen molar-refractivity contribution in [1.82, 2.24) is 15.1 Å². The lowest BCUT2D eigenvalue weighted by molar-refractivity contribution is -0.192. The Morgan fingerprint density at radius 1 is 1.12 bits per heavy atom. The molecule has 0 aliphatic carbocycles. The van der Waals surface area contributed by atoms with Crippen molar-refractivity contribution in [2.75, 3.05) is 36.8 Å². The van der Waals surface area contributed by atoms with Crippen LogP contribution in [0.1, 0.15) is 40.5 Å². The van der Waals surface area contributed by atoms with Gasteiger partial charge in [0.2, 0.25) is 11.8 Å². The first kappa shape index (κ1) is 28.9. The number of halogens is 3. The fraction of sp³-hybridized carbons (Fsp3) is 0.545. The zero-order chi connectivity index (χ0) is 25.7. The number of anilines is 2. The molecule has 0 unspecified atom stereocenters. The van der Waals surface area contributed by atoms with E-state index in [0.717, 1.165) is 43.9 Å². The van der Waals surface area contributed by atoms with Crippen LogP contribution in [0.25, 0.3) is 11.5 Å². The van der Waals surface area contributed by atoms with Gasteiger partial charge in [-0.15, -0.1) is 5.10 Å². The molecule has 0 fully saturated rings. The Bertz CT molecular complexity index is 881. The molecular formula is C22H32F3N5O4. The number of hydrogen-bond acceptors (Lipinski definition) is 7. The zero-order valence-electron chi connectivity index (χ0n) is 19.8. The van der Waals surface area contributed by atoms with E-state index in [1.807, 2.05) is 38.1 Å². The number of benzene rings is 1. The Kier molecular flexibility index (Phi) is 12.1. The second-order valence-corrected chi connectivity index (χ2v) is 7.75. The summed E-state index contributed by atoms with van der Waals surface area (Å²) < 4.78 is 37.4.